The topological polar surface area (TPSA) is 59.6 Å². The fraction of sp³-hybridized carbons (Fsp3) is 0.346. The lowest BCUT2D eigenvalue weighted by molar-refractivity contribution is 0.211. The molecule has 3 heterocycles. The predicted octanol–water partition coefficient (Wildman–Crippen LogP) is 4.85. The lowest BCUT2D eigenvalue weighted by atomic mass is 10.0. The van der Waals surface area contributed by atoms with Gasteiger partial charge in [0.1, 0.15) is 11.3 Å². The highest BCUT2D eigenvalue weighted by atomic mass is 16.5. The van der Waals surface area contributed by atoms with Crippen molar-refractivity contribution in [2.45, 2.75) is 38.9 Å². The summed E-state index contributed by atoms with van der Waals surface area (Å²) in [6.07, 6.45) is 4.22. The second kappa shape index (κ2) is 8.71. The van der Waals surface area contributed by atoms with E-state index in [1.807, 2.05) is 12.1 Å². The van der Waals surface area contributed by atoms with Crippen LogP contribution in [0.3, 0.4) is 0 Å². The summed E-state index contributed by atoms with van der Waals surface area (Å²) in [6.45, 7) is 6.18. The van der Waals surface area contributed by atoms with Gasteiger partial charge in [0.2, 0.25) is 0 Å². The van der Waals surface area contributed by atoms with Gasteiger partial charge < -0.3 is 19.0 Å². The minimum atomic E-state index is -0.338. The van der Waals surface area contributed by atoms with E-state index in [2.05, 4.69) is 52.2 Å². The SMILES string of the molecule is CCn1ccc2cc(CN3CCC(Nc4cc(=O)oc5ccc(OC)cc45)CC3)ccc21. The molecule has 0 spiro atoms. The number of fused-ring (bicyclic) bond motifs is 2. The number of hydrogen-bond donors (Lipinski definition) is 1. The highest BCUT2D eigenvalue weighted by Gasteiger charge is 2.20. The summed E-state index contributed by atoms with van der Waals surface area (Å²) in [5.41, 5.74) is 3.71. The van der Waals surface area contributed by atoms with Gasteiger partial charge in [0, 0.05) is 55.4 Å². The Morgan fingerprint density at radius 1 is 1.09 bits per heavy atom. The number of ether oxygens (including phenoxy) is 1. The number of hydrogen-bond acceptors (Lipinski definition) is 5. The van der Waals surface area contributed by atoms with E-state index in [1.54, 1.807) is 19.2 Å². The number of benzene rings is 2. The van der Waals surface area contributed by atoms with E-state index in [0.29, 0.717) is 11.6 Å². The van der Waals surface area contributed by atoms with Gasteiger partial charge in [-0.15, -0.1) is 0 Å². The molecule has 0 saturated carbocycles. The Morgan fingerprint density at radius 3 is 2.72 bits per heavy atom. The summed E-state index contributed by atoms with van der Waals surface area (Å²) >= 11 is 0. The average Bonchev–Trinajstić information content (AvgIpc) is 3.22. The van der Waals surface area contributed by atoms with E-state index < -0.39 is 0 Å². The quantitative estimate of drug-likeness (QED) is 0.442. The normalized spacial score (nSPS) is 15.4. The van der Waals surface area contributed by atoms with E-state index in [1.165, 1.54) is 16.5 Å². The predicted molar refractivity (Wildman–Crippen MR) is 129 cm³/mol. The monoisotopic (exact) mass is 431 g/mol. The number of nitrogens with one attached hydrogen (secondary N) is 1. The third kappa shape index (κ3) is 4.10. The summed E-state index contributed by atoms with van der Waals surface area (Å²) < 4.78 is 13.0. The van der Waals surface area contributed by atoms with Crippen LogP contribution in [0.15, 0.2) is 63.9 Å². The fourth-order valence-corrected chi connectivity index (χ4v) is 4.73. The molecule has 1 saturated heterocycles. The molecular formula is C26H29N3O3. The van der Waals surface area contributed by atoms with Crippen LogP contribution in [0.4, 0.5) is 5.69 Å². The number of aryl methyl sites for hydroxylation is 1. The molecule has 0 unspecified atom stereocenters. The van der Waals surface area contributed by atoms with Crippen LogP contribution in [0, 0.1) is 0 Å². The smallest absolute Gasteiger partial charge is 0.338 e. The summed E-state index contributed by atoms with van der Waals surface area (Å²) in [4.78, 5) is 14.5. The first-order valence-electron chi connectivity index (χ1n) is 11.3. The first kappa shape index (κ1) is 20.6. The highest BCUT2D eigenvalue weighted by Crippen LogP contribution is 2.28. The van der Waals surface area contributed by atoms with Crippen LogP contribution < -0.4 is 15.7 Å². The van der Waals surface area contributed by atoms with Gasteiger partial charge in [0.05, 0.1) is 12.8 Å². The minimum absolute atomic E-state index is 0.323. The van der Waals surface area contributed by atoms with Gasteiger partial charge in [-0.05, 0) is 67.1 Å². The summed E-state index contributed by atoms with van der Waals surface area (Å²) in [6, 6.07) is 16.4. The van der Waals surface area contributed by atoms with Crippen LogP contribution in [0.2, 0.25) is 0 Å². The Balaban J connectivity index is 1.25. The number of piperidine rings is 1. The van der Waals surface area contributed by atoms with Gasteiger partial charge in [-0.25, -0.2) is 4.79 Å². The maximum Gasteiger partial charge on any atom is 0.338 e. The Hall–Kier alpha value is -3.25. The zero-order valence-corrected chi connectivity index (χ0v) is 18.6. The van der Waals surface area contributed by atoms with Crippen LogP contribution in [0.25, 0.3) is 21.9 Å². The molecule has 0 atom stereocenters. The van der Waals surface area contributed by atoms with Gasteiger partial charge in [-0.1, -0.05) is 6.07 Å². The van der Waals surface area contributed by atoms with Crippen molar-refractivity contribution in [3.8, 4) is 5.75 Å². The fourth-order valence-electron chi connectivity index (χ4n) is 4.73. The summed E-state index contributed by atoms with van der Waals surface area (Å²) in [7, 11) is 1.64. The molecule has 6 heteroatoms. The Labute approximate surface area is 187 Å². The Bertz CT molecular complexity index is 1300. The van der Waals surface area contributed by atoms with Crippen molar-refractivity contribution in [3.63, 3.8) is 0 Å². The molecule has 32 heavy (non-hydrogen) atoms. The molecule has 0 bridgehead atoms. The number of anilines is 1. The van der Waals surface area contributed by atoms with Crippen LogP contribution in [-0.4, -0.2) is 35.7 Å². The summed E-state index contributed by atoms with van der Waals surface area (Å²) in [5, 5.41) is 5.77. The number of nitrogens with zero attached hydrogens (tertiary/aromatic N) is 2. The molecule has 2 aromatic carbocycles. The molecule has 0 amide bonds. The molecule has 0 radical (unpaired) electrons. The first-order chi connectivity index (χ1) is 15.6. The standard InChI is InChI=1S/C26H29N3O3/c1-3-29-13-8-19-14-18(4-6-24(19)29)17-28-11-9-20(10-12-28)27-23-16-26(30)32-25-7-5-21(31-2)15-22(23)25/h4-8,13-16,20,27H,3,9-12,17H2,1-2H3. The minimum Gasteiger partial charge on any atom is -0.497 e. The Morgan fingerprint density at radius 2 is 1.94 bits per heavy atom. The molecule has 2 aromatic heterocycles. The van der Waals surface area contributed by atoms with Crippen molar-refractivity contribution >= 4 is 27.6 Å². The molecule has 6 nitrogen and oxygen atoms in total. The van der Waals surface area contributed by atoms with Gasteiger partial charge in [-0.3, -0.25) is 4.90 Å². The zero-order chi connectivity index (χ0) is 22.1. The van der Waals surface area contributed by atoms with Crippen LogP contribution in [-0.2, 0) is 13.1 Å². The zero-order valence-electron chi connectivity index (χ0n) is 18.6. The van der Waals surface area contributed by atoms with Gasteiger partial charge in [0.25, 0.3) is 0 Å². The van der Waals surface area contributed by atoms with Crippen molar-refractivity contribution in [2.24, 2.45) is 0 Å². The van der Waals surface area contributed by atoms with E-state index in [4.69, 9.17) is 9.15 Å². The van der Waals surface area contributed by atoms with E-state index >= 15 is 0 Å². The maximum atomic E-state index is 12.0. The molecule has 1 aliphatic heterocycles. The number of methoxy groups -OCH3 is 1. The van der Waals surface area contributed by atoms with E-state index in [9.17, 15) is 4.79 Å². The molecular weight excluding hydrogens is 402 g/mol. The van der Waals surface area contributed by atoms with Crippen molar-refractivity contribution < 1.29 is 9.15 Å². The third-order valence-corrected chi connectivity index (χ3v) is 6.48. The number of likely N-dealkylation sites (tertiary alicyclic amines) is 1. The van der Waals surface area contributed by atoms with Gasteiger partial charge in [0.15, 0.2) is 0 Å². The highest BCUT2D eigenvalue weighted by molar-refractivity contribution is 5.90. The van der Waals surface area contributed by atoms with Crippen molar-refractivity contribution in [3.05, 3.63) is 70.7 Å². The van der Waals surface area contributed by atoms with Crippen LogP contribution >= 0.6 is 0 Å². The van der Waals surface area contributed by atoms with Crippen LogP contribution in [0.5, 0.6) is 5.75 Å². The second-order valence-electron chi connectivity index (χ2n) is 8.53. The third-order valence-electron chi connectivity index (χ3n) is 6.48. The van der Waals surface area contributed by atoms with E-state index in [0.717, 1.165) is 55.8 Å². The largest absolute Gasteiger partial charge is 0.497 e. The van der Waals surface area contributed by atoms with Crippen molar-refractivity contribution in [2.75, 3.05) is 25.5 Å². The average molecular weight is 432 g/mol. The molecule has 1 fully saturated rings. The lowest BCUT2D eigenvalue weighted by Crippen LogP contribution is -2.38. The number of aromatic nitrogens is 1. The van der Waals surface area contributed by atoms with Crippen molar-refractivity contribution in [1.29, 1.82) is 0 Å². The van der Waals surface area contributed by atoms with Crippen LogP contribution in [0.1, 0.15) is 25.3 Å². The van der Waals surface area contributed by atoms with Crippen molar-refractivity contribution in [1.82, 2.24) is 9.47 Å². The summed E-state index contributed by atoms with van der Waals surface area (Å²) in [5.74, 6) is 0.746. The second-order valence-corrected chi connectivity index (χ2v) is 8.53. The molecule has 4 aromatic rings. The molecule has 5 rings (SSSR count). The molecule has 166 valence electrons. The molecule has 1 aliphatic rings. The Kier molecular flexibility index (Phi) is 5.62. The first-order valence-corrected chi connectivity index (χ1v) is 11.3. The van der Waals surface area contributed by atoms with Gasteiger partial charge >= 0.3 is 5.63 Å². The lowest BCUT2D eigenvalue weighted by Gasteiger charge is -2.33. The van der Waals surface area contributed by atoms with E-state index in [-0.39, 0.29) is 5.63 Å². The number of rotatable bonds is 6. The van der Waals surface area contributed by atoms with Gasteiger partial charge in [-0.2, -0.15) is 0 Å². The molecule has 0 aliphatic carbocycles. The maximum absolute atomic E-state index is 12.0. The molecule has 1 N–H and O–H groups in total.